The van der Waals surface area contributed by atoms with Crippen molar-refractivity contribution in [2.45, 2.75) is 24.7 Å². The zero-order valence-electron chi connectivity index (χ0n) is 10.7. The van der Waals surface area contributed by atoms with Crippen LogP contribution in [0.4, 0.5) is 11.4 Å². The molecule has 1 aromatic carbocycles. The van der Waals surface area contributed by atoms with Crippen molar-refractivity contribution in [3.8, 4) is 0 Å². The summed E-state index contributed by atoms with van der Waals surface area (Å²) in [7, 11) is -4.39. The van der Waals surface area contributed by atoms with Crippen molar-refractivity contribution < 1.29 is 17.8 Å². The maximum Gasteiger partial charge on any atom is 0.294 e. The molecule has 104 valence electrons. The number of carbonyl (C=O) groups excluding carboxylic acids is 1. The lowest BCUT2D eigenvalue weighted by Crippen LogP contribution is -2.15. The predicted molar refractivity (Wildman–Crippen MR) is 73.6 cm³/mol. The lowest BCUT2D eigenvalue weighted by Gasteiger charge is -2.18. The number of anilines is 2. The second-order valence-corrected chi connectivity index (χ2v) is 5.65. The Hall–Kier alpha value is -1.86. The molecular weight excluding hydrogens is 268 g/mol. The highest BCUT2D eigenvalue weighted by Gasteiger charge is 2.23. The summed E-state index contributed by atoms with van der Waals surface area (Å²) < 4.78 is 31.9. The molecule has 19 heavy (non-hydrogen) atoms. The Kier molecular flexibility index (Phi) is 4.33. The van der Waals surface area contributed by atoms with Gasteiger partial charge in [-0.2, -0.15) is 8.42 Å². The van der Waals surface area contributed by atoms with Gasteiger partial charge in [-0.3, -0.25) is 9.35 Å². The molecule has 1 aromatic rings. The third kappa shape index (κ3) is 3.33. The van der Waals surface area contributed by atoms with Crippen LogP contribution in [-0.2, 0) is 14.9 Å². The molecule has 0 fully saturated rings. The number of rotatable bonds is 4. The van der Waals surface area contributed by atoms with E-state index in [0.29, 0.717) is 0 Å². The average molecular weight is 284 g/mol. The van der Waals surface area contributed by atoms with Crippen LogP contribution in [0.2, 0.25) is 0 Å². The molecule has 0 aliphatic carbocycles. The van der Waals surface area contributed by atoms with Crippen molar-refractivity contribution in [1.82, 2.24) is 0 Å². The molecule has 1 amide bonds. The molecule has 0 heterocycles. The molecule has 0 aliphatic heterocycles. The van der Waals surface area contributed by atoms with Crippen molar-refractivity contribution in [3.63, 3.8) is 0 Å². The Bertz CT molecular complexity index is 621. The first-order valence-electron chi connectivity index (χ1n) is 5.51. The first-order valence-corrected chi connectivity index (χ1v) is 6.95. The minimum atomic E-state index is -4.39. The van der Waals surface area contributed by atoms with E-state index in [9.17, 15) is 17.8 Å². The number of amides is 1. The summed E-state index contributed by atoms with van der Waals surface area (Å²) >= 11 is 0. The SMILES string of the molecule is C=CC(=O)Nc1c(N)ccc(S(=O)(=O)O)c1C(C)C. The van der Waals surface area contributed by atoms with E-state index in [0.717, 1.165) is 6.08 Å². The maximum atomic E-state index is 11.4. The van der Waals surface area contributed by atoms with Gasteiger partial charge in [0.1, 0.15) is 0 Å². The van der Waals surface area contributed by atoms with Crippen molar-refractivity contribution in [2.75, 3.05) is 11.1 Å². The zero-order chi connectivity index (χ0) is 14.8. The molecule has 0 spiro atoms. The Morgan fingerprint density at radius 1 is 1.47 bits per heavy atom. The van der Waals surface area contributed by atoms with Gasteiger partial charge in [-0.15, -0.1) is 0 Å². The summed E-state index contributed by atoms with van der Waals surface area (Å²) in [6.45, 7) is 6.77. The van der Waals surface area contributed by atoms with Crippen molar-refractivity contribution >= 4 is 27.4 Å². The summed E-state index contributed by atoms with van der Waals surface area (Å²) in [5, 5.41) is 2.46. The molecule has 0 saturated heterocycles. The van der Waals surface area contributed by atoms with Crippen LogP contribution in [0.15, 0.2) is 29.7 Å². The summed E-state index contributed by atoms with van der Waals surface area (Å²) in [5.74, 6) is -0.776. The number of hydrogen-bond acceptors (Lipinski definition) is 4. The van der Waals surface area contributed by atoms with Gasteiger partial charge in [0.25, 0.3) is 10.1 Å². The van der Waals surface area contributed by atoms with Crippen molar-refractivity contribution in [1.29, 1.82) is 0 Å². The van der Waals surface area contributed by atoms with Crippen molar-refractivity contribution in [3.05, 3.63) is 30.4 Å². The molecule has 0 aromatic heterocycles. The first-order chi connectivity index (χ1) is 8.68. The van der Waals surface area contributed by atoms with Gasteiger partial charge >= 0.3 is 0 Å². The van der Waals surface area contributed by atoms with Crippen molar-refractivity contribution in [2.24, 2.45) is 0 Å². The van der Waals surface area contributed by atoms with Crippen LogP contribution in [0.5, 0.6) is 0 Å². The summed E-state index contributed by atoms with van der Waals surface area (Å²) in [5.41, 5.74) is 6.40. The fourth-order valence-corrected chi connectivity index (χ4v) is 2.58. The highest BCUT2D eigenvalue weighted by molar-refractivity contribution is 7.85. The van der Waals surface area contributed by atoms with Crippen LogP contribution in [0.25, 0.3) is 0 Å². The Morgan fingerprint density at radius 3 is 2.47 bits per heavy atom. The molecule has 7 heteroatoms. The van der Waals surface area contributed by atoms with Gasteiger partial charge in [0.15, 0.2) is 0 Å². The van der Waals surface area contributed by atoms with E-state index < -0.39 is 16.0 Å². The van der Waals surface area contributed by atoms with Crippen LogP contribution in [-0.4, -0.2) is 18.9 Å². The molecule has 0 radical (unpaired) electrons. The van der Waals surface area contributed by atoms with E-state index >= 15 is 0 Å². The van der Waals surface area contributed by atoms with Crippen LogP contribution < -0.4 is 11.1 Å². The molecule has 4 N–H and O–H groups in total. The van der Waals surface area contributed by atoms with E-state index in [1.165, 1.54) is 12.1 Å². The second kappa shape index (κ2) is 5.41. The number of carbonyl (C=O) groups is 1. The number of nitrogen functional groups attached to an aromatic ring is 1. The Labute approximate surface area is 112 Å². The van der Waals surface area contributed by atoms with Gasteiger partial charge in [-0.05, 0) is 24.1 Å². The number of nitrogens with one attached hydrogen (secondary N) is 1. The molecule has 6 nitrogen and oxygen atoms in total. The molecule has 0 saturated carbocycles. The third-order valence-electron chi connectivity index (χ3n) is 2.53. The van der Waals surface area contributed by atoms with E-state index in [4.69, 9.17) is 5.73 Å². The molecular formula is C12H16N2O4S. The minimum absolute atomic E-state index is 0.176. The normalized spacial score (nSPS) is 11.4. The van der Waals surface area contributed by atoms with E-state index in [2.05, 4.69) is 11.9 Å². The van der Waals surface area contributed by atoms with Crippen LogP contribution >= 0.6 is 0 Å². The van der Waals surface area contributed by atoms with Crippen LogP contribution in [0.3, 0.4) is 0 Å². The monoisotopic (exact) mass is 284 g/mol. The predicted octanol–water partition coefficient (Wildman–Crippen LogP) is 1.76. The van der Waals surface area contributed by atoms with E-state index in [1.54, 1.807) is 13.8 Å². The number of benzene rings is 1. The fourth-order valence-electron chi connectivity index (χ4n) is 1.73. The standard InChI is InChI=1S/C12H16N2O4S/c1-4-10(15)14-12-8(13)5-6-9(19(16,17)18)11(12)7(2)3/h4-7H,1,13H2,2-3H3,(H,14,15)(H,16,17,18). The number of hydrogen-bond donors (Lipinski definition) is 3. The largest absolute Gasteiger partial charge is 0.397 e. The summed E-state index contributed by atoms with van der Waals surface area (Å²) in [6, 6.07) is 2.53. The number of nitrogens with two attached hydrogens (primary N) is 1. The quantitative estimate of drug-likeness (QED) is 0.443. The van der Waals surface area contributed by atoms with Crippen LogP contribution in [0, 0.1) is 0 Å². The lowest BCUT2D eigenvalue weighted by molar-refractivity contribution is -0.111. The molecule has 0 aliphatic rings. The third-order valence-corrected chi connectivity index (χ3v) is 3.44. The maximum absolute atomic E-state index is 11.4. The van der Waals surface area contributed by atoms with Gasteiger partial charge in [0.05, 0.1) is 16.3 Å². The smallest absolute Gasteiger partial charge is 0.294 e. The molecule has 0 atom stereocenters. The Balaban J connectivity index is 3.60. The molecule has 1 rings (SSSR count). The highest BCUT2D eigenvalue weighted by Crippen LogP contribution is 2.35. The average Bonchev–Trinajstić information content (AvgIpc) is 2.29. The second-order valence-electron chi connectivity index (χ2n) is 4.26. The van der Waals surface area contributed by atoms with E-state index in [-0.39, 0.29) is 27.8 Å². The van der Waals surface area contributed by atoms with Gasteiger partial charge in [-0.1, -0.05) is 20.4 Å². The van der Waals surface area contributed by atoms with E-state index in [1.807, 2.05) is 0 Å². The lowest BCUT2D eigenvalue weighted by atomic mass is 9.99. The van der Waals surface area contributed by atoms with Gasteiger partial charge in [0, 0.05) is 5.56 Å². The first kappa shape index (κ1) is 15.2. The van der Waals surface area contributed by atoms with Crippen LogP contribution in [0.1, 0.15) is 25.3 Å². The fraction of sp³-hybridized carbons (Fsp3) is 0.250. The van der Waals surface area contributed by atoms with Gasteiger partial charge < -0.3 is 11.1 Å². The summed E-state index contributed by atoms with van der Waals surface area (Å²) in [6.07, 6.45) is 1.05. The molecule has 0 unspecified atom stereocenters. The van der Waals surface area contributed by atoms with Gasteiger partial charge in [-0.25, -0.2) is 0 Å². The molecule has 0 bridgehead atoms. The minimum Gasteiger partial charge on any atom is -0.397 e. The zero-order valence-corrected chi connectivity index (χ0v) is 11.5. The van der Waals surface area contributed by atoms with Gasteiger partial charge in [0.2, 0.25) is 5.91 Å². The Morgan fingerprint density at radius 2 is 2.05 bits per heavy atom. The summed E-state index contributed by atoms with van der Waals surface area (Å²) in [4.78, 5) is 11.1. The topological polar surface area (TPSA) is 109 Å². The highest BCUT2D eigenvalue weighted by atomic mass is 32.2.